The van der Waals surface area contributed by atoms with Crippen LogP contribution < -0.4 is 10.6 Å². The summed E-state index contributed by atoms with van der Waals surface area (Å²) in [4.78, 5) is 12.8. The molecule has 0 radical (unpaired) electrons. The van der Waals surface area contributed by atoms with E-state index in [1.54, 1.807) is 17.2 Å². The summed E-state index contributed by atoms with van der Waals surface area (Å²) in [5, 5.41) is 13.3. The molecule has 1 aromatic carbocycles. The highest BCUT2D eigenvalue weighted by molar-refractivity contribution is 5.77. The molecular formula is C14H18N4O2. The molecule has 2 rings (SSSR count). The van der Waals surface area contributed by atoms with E-state index >= 15 is 0 Å². The van der Waals surface area contributed by atoms with Crippen molar-refractivity contribution in [2.45, 2.75) is 20.0 Å². The second-order valence-corrected chi connectivity index (χ2v) is 4.51. The molecule has 0 fully saturated rings. The standard InChI is InChI=1S/C14H18N4O2/c1-2-18-9-11(7-16-18)8-17(10-14(19)20)13-6-4-3-5-12(13)15/h3-7,9H,2,8,10,15H2,1H3,(H,19,20). The van der Waals surface area contributed by atoms with Crippen molar-refractivity contribution in [3.63, 3.8) is 0 Å². The number of anilines is 2. The van der Waals surface area contributed by atoms with Gasteiger partial charge in [-0.05, 0) is 19.1 Å². The van der Waals surface area contributed by atoms with Crippen LogP contribution in [0, 0.1) is 0 Å². The fourth-order valence-electron chi connectivity index (χ4n) is 2.05. The Kier molecular flexibility index (Phi) is 4.24. The van der Waals surface area contributed by atoms with Gasteiger partial charge in [-0.3, -0.25) is 9.48 Å². The highest BCUT2D eigenvalue weighted by Crippen LogP contribution is 2.24. The number of rotatable bonds is 6. The Morgan fingerprint density at radius 1 is 1.45 bits per heavy atom. The molecule has 0 aliphatic carbocycles. The molecule has 0 atom stereocenters. The number of nitrogens with two attached hydrogens (primary N) is 1. The van der Waals surface area contributed by atoms with Gasteiger partial charge in [0.15, 0.2) is 0 Å². The number of hydrogen-bond acceptors (Lipinski definition) is 4. The Morgan fingerprint density at radius 2 is 2.20 bits per heavy atom. The molecule has 20 heavy (non-hydrogen) atoms. The predicted octanol–water partition coefficient (Wildman–Crippen LogP) is 1.58. The molecule has 0 aliphatic rings. The molecule has 0 saturated carbocycles. The van der Waals surface area contributed by atoms with Gasteiger partial charge in [-0.25, -0.2) is 0 Å². The highest BCUT2D eigenvalue weighted by Gasteiger charge is 2.14. The maximum Gasteiger partial charge on any atom is 0.323 e. The summed E-state index contributed by atoms with van der Waals surface area (Å²) in [6.07, 6.45) is 3.66. The summed E-state index contributed by atoms with van der Waals surface area (Å²) >= 11 is 0. The average Bonchev–Trinajstić information content (AvgIpc) is 2.86. The van der Waals surface area contributed by atoms with E-state index in [2.05, 4.69) is 5.10 Å². The number of nitrogens with zero attached hydrogens (tertiary/aromatic N) is 3. The van der Waals surface area contributed by atoms with Gasteiger partial charge >= 0.3 is 5.97 Å². The van der Waals surface area contributed by atoms with Crippen LogP contribution in [-0.2, 0) is 17.9 Å². The van der Waals surface area contributed by atoms with Gasteiger partial charge in [0.2, 0.25) is 0 Å². The summed E-state index contributed by atoms with van der Waals surface area (Å²) in [5.74, 6) is -0.892. The fraction of sp³-hybridized carbons (Fsp3) is 0.286. The maximum atomic E-state index is 11.0. The predicted molar refractivity (Wildman–Crippen MR) is 77.4 cm³/mol. The van der Waals surface area contributed by atoms with Crippen molar-refractivity contribution >= 4 is 17.3 Å². The van der Waals surface area contributed by atoms with Crippen LogP contribution in [-0.4, -0.2) is 27.4 Å². The highest BCUT2D eigenvalue weighted by atomic mass is 16.4. The van der Waals surface area contributed by atoms with Crippen LogP contribution in [0.4, 0.5) is 11.4 Å². The third kappa shape index (κ3) is 3.28. The van der Waals surface area contributed by atoms with Crippen LogP contribution in [0.3, 0.4) is 0 Å². The lowest BCUT2D eigenvalue weighted by Crippen LogP contribution is -2.29. The lowest BCUT2D eigenvalue weighted by molar-refractivity contribution is -0.135. The number of aromatic nitrogens is 2. The fourth-order valence-corrected chi connectivity index (χ4v) is 2.05. The maximum absolute atomic E-state index is 11.0. The van der Waals surface area contributed by atoms with Gasteiger partial charge < -0.3 is 15.7 Å². The minimum atomic E-state index is -0.892. The third-order valence-electron chi connectivity index (χ3n) is 2.99. The van der Waals surface area contributed by atoms with E-state index in [0.29, 0.717) is 12.2 Å². The zero-order valence-corrected chi connectivity index (χ0v) is 11.4. The number of benzene rings is 1. The molecule has 1 aromatic heterocycles. The molecule has 0 spiro atoms. The average molecular weight is 274 g/mol. The quantitative estimate of drug-likeness (QED) is 0.781. The van der Waals surface area contributed by atoms with Crippen molar-refractivity contribution in [2.75, 3.05) is 17.2 Å². The SMILES string of the molecule is CCn1cc(CN(CC(=O)O)c2ccccc2N)cn1. The first-order chi connectivity index (χ1) is 9.60. The van der Waals surface area contributed by atoms with Crippen LogP contribution in [0.25, 0.3) is 0 Å². The van der Waals surface area contributed by atoms with E-state index in [1.165, 1.54) is 0 Å². The molecule has 6 heteroatoms. The van der Waals surface area contributed by atoms with E-state index < -0.39 is 5.97 Å². The molecular weight excluding hydrogens is 256 g/mol. The molecule has 3 N–H and O–H groups in total. The summed E-state index contributed by atoms with van der Waals surface area (Å²) in [7, 11) is 0. The van der Waals surface area contributed by atoms with Crippen molar-refractivity contribution in [3.05, 3.63) is 42.2 Å². The lowest BCUT2D eigenvalue weighted by atomic mass is 10.2. The number of para-hydroxylation sites is 2. The minimum Gasteiger partial charge on any atom is -0.480 e. The minimum absolute atomic E-state index is 0.106. The van der Waals surface area contributed by atoms with Gasteiger partial charge in [-0.15, -0.1) is 0 Å². The van der Waals surface area contributed by atoms with E-state index in [-0.39, 0.29) is 6.54 Å². The summed E-state index contributed by atoms with van der Waals surface area (Å²) in [5.41, 5.74) is 8.17. The number of carboxylic acids is 1. The number of carbonyl (C=O) groups is 1. The van der Waals surface area contributed by atoms with Gasteiger partial charge in [-0.2, -0.15) is 5.10 Å². The van der Waals surface area contributed by atoms with Crippen molar-refractivity contribution < 1.29 is 9.90 Å². The van der Waals surface area contributed by atoms with Crippen LogP contribution in [0.5, 0.6) is 0 Å². The number of aryl methyl sites for hydroxylation is 1. The van der Waals surface area contributed by atoms with Crippen LogP contribution in [0.2, 0.25) is 0 Å². The van der Waals surface area contributed by atoms with Crippen molar-refractivity contribution in [2.24, 2.45) is 0 Å². The van der Waals surface area contributed by atoms with E-state index in [1.807, 2.05) is 36.0 Å². The zero-order valence-electron chi connectivity index (χ0n) is 11.4. The second-order valence-electron chi connectivity index (χ2n) is 4.51. The molecule has 0 saturated heterocycles. The molecule has 0 unspecified atom stereocenters. The normalized spacial score (nSPS) is 10.4. The third-order valence-corrected chi connectivity index (χ3v) is 2.99. The molecule has 1 heterocycles. The topological polar surface area (TPSA) is 84.4 Å². The lowest BCUT2D eigenvalue weighted by Gasteiger charge is -2.23. The molecule has 0 amide bonds. The van der Waals surface area contributed by atoms with Gasteiger partial charge in [0.1, 0.15) is 6.54 Å². The second kappa shape index (κ2) is 6.10. The smallest absolute Gasteiger partial charge is 0.323 e. The number of aliphatic carboxylic acids is 1. The number of carboxylic acid groups (broad SMARTS) is 1. The van der Waals surface area contributed by atoms with Crippen LogP contribution in [0.1, 0.15) is 12.5 Å². The van der Waals surface area contributed by atoms with E-state index in [4.69, 9.17) is 10.8 Å². The van der Waals surface area contributed by atoms with Gasteiger partial charge in [-0.1, -0.05) is 12.1 Å². The Morgan fingerprint density at radius 3 is 2.80 bits per heavy atom. The summed E-state index contributed by atoms with van der Waals surface area (Å²) in [6, 6.07) is 7.26. The Bertz CT molecular complexity index is 594. The van der Waals surface area contributed by atoms with E-state index in [0.717, 1.165) is 17.8 Å². The number of nitrogen functional groups attached to an aromatic ring is 1. The molecule has 0 bridgehead atoms. The zero-order chi connectivity index (χ0) is 14.5. The van der Waals surface area contributed by atoms with E-state index in [9.17, 15) is 4.79 Å². The first kappa shape index (κ1) is 13.9. The van der Waals surface area contributed by atoms with Crippen LogP contribution >= 0.6 is 0 Å². The van der Waals surface area contributed by atoms with Crippen molar-refractivity contribution in [1.29, 1.82) is 0 Å². The Labute approximate surface area is 117 Å². The van der Waals surface area contributed by atoms with Crippen molar-refractivity contribution in [1.82, 2.24) is 9.78 Å². The number of hydrogen-bond donors (Lipinski definition) is 2. The summed E-state index contributed by atoms with van der Waals surface area (Å²) < 4.78 is 1.81. The Hall–Kier alpha value is -2.50. The van der Waals surface area contributed by atoms with Crippen LogP contribution in [0.15, 0.2) is 36.7 Å². The Balaban J connectivity index is 2.23. The molecule has 0 aliphatic heterocycles. The van der Waals surface area contributed by atoms with Gasteiger partial charge in [0.05, 0.1) is 17.6 Å². The first-order valence-corrected chi connectivity index (χ1v) is 6.42. The molecule has 2 aromatic rings. The molecule has 106 valence electrons. The van der Waals surface area contributed by atoms with Crippen molar-refractivity contribution in [3.8, 4) is 0 Å². The van der Waals surface area contributed by atoms with Gasteiger partial charge in [0, 0.05) is 24.8 Å². The largest absolute Gasteiger partial charge is 0.480 e. The first-order valence-electron chi connectivity index (χ1n) is 6.42. The summed E-state index contributed by atoms with van der Waals surface area (Å²) in [6.45, 7) is 3.14. The molecule has 6 nitrogen and oxygen atoms in total. The van der Waals surface area contributed by atoms with Gasteiger partial charge in [0.25, 0.3) is 0 Å². The monoisotopic (exact) mass is 274 g/mol.